The summed E-state index contributed by atoms with van der Waals surface area (Å²) in [6.07, 6.45) is 0. The van der Waals surface area contributed by atoms with Crippen molar-refractivity contribution in [2.45, 2.75) is 19.0 Å². The van der Waals surface area contributed by atoms with Crippen LogP contribution >= 0.6 is 0 Å². The van der Waals surface area contributed by atoms with Gasteiger partial charge in [-0.1, -0.05) is 30.3 Å². The van der Waals surface area contributed by atoms with Crippen molar-refractivity contribution < 1.29 is 9.84 Å². The first-order chi connectivity index (χ1) is 11.3. The maximum absolute atomic E-state index is 9.93. The van der Waals surface area contributed by atoms with E-state index in [0.717, 1.165) is 36.7 Å². The number of para-hydroxylation sites is 1. The van der Waals surface area contributed by atoms with E-state index in [9.17, 15) is 5.11 Å². The Morgan fingerprint density at radius 3 is 2.70 bits per heavy atom. The normalized spacial score (nSPS) is 20.2. The number of hydrogen-bond acceptors (Lipinski definition) is 4. The summed E-state index contributed by atoms with van der Waals surface area (Å²) in [7, 11) is 0. The van der Waals surface area contributed by atoms with Gasteiger partial charge in [-0.25, -0.2) is 0 Å². The van der Waals surface area contributed by atoms with Gasteiger partial charge in [0.15, 0.2) is 0 Å². The second-order valence-corrected chi connectivity index (χ2v) is 5.98. The lowest BCUT2D eigenvalue weighted by Gasteiger charge is -2.39. The van der Waals surface area contributed by atoms with Gasteiger partial charge >= 0.3 is 0 Å². The Balaban J connectivity index is 1.79. The van der Waals surface area contributed by atoms with Crippen LogP contribution in [0.15, 0.2) is 54.6 Å². The summed E-state index contributed by atoms with van der Waals surface area (Å²) in [4.78, 5) is 2.36. The number of rotatable bonds is 5. The first kappa shape index (κ1) is 16.0. The van der Waals surface area contributed by atoms with E-state index in [4.69, 9.17) is 4.74 Å². The summed E-state index contributed by atoms with van der Waals surface area (Å²) in [5.74, 6) is 1.62. The molecular formula is C19H24N2O2. The number of benzene rings is 2. The van der Waals surface area contributed by atoms with E-state index in [1.807, 2.05) is 48.5 Å². The molecule has 1 aliphatic heterocycles. The highest BCUT2D eigenvalue weighted by atomic mass is 16.5. The number of aliphatic hydroxyl groups is 1. The predicted molar refractivity (Wildman–Crippen MR) is 91.8 cm³/mol. The largest absolute Gasteiger partial charge is 0.457 e. The molecular weight excluding hydrogens is 288 g/mol. The van der Waals surface area contributed by atoms with Crippen LogP contribution < -0.4 is 10.1 Å². The Bertz CT molecular complexity index is 618. The van der Waals surface area contributed by atoms with Gasteiger partial charge in [-0.15, -0.1) is 0 Å². The van der Waals surface area contributed by atoms with Gasteiger partial charge in [0.25, 0.3) is 0 Å². The minimum Gasteiger partial charge on any atom is -0.457 e. The van der Waals surface area contributed by atoms with Crippen LogP contribution in [-0.2, 0) is 0 Å². The van der Waals surface area contributed by atoms with Crippen LogP contribution in [-0.4, -0.2) is 42.3 Å². The quantitative estimate of drug-likeness (QED) is 0.891. The number of ether oxygens (including phenoxy) is 1. The average molecular weight is 312 g/mol. The summed E-state index contributed by atoms with van der Waals surface area (Å²) in [5.41, 5.74) is 1.09. The third kappa shape index (κ3) is 3.91. The Kier molecular flexibility index (Phi) is 5.28. The van der Waals surface area contributed by atoms with Crippen molar-refractivity contribution in [2.24, 2.45) is 0 Å². The molecule has 2 atom stereocenters. The van der Waals surface area contributed by atoms with Crippen molar-refractivity contribution >= 4 is 0 Å². The molecule has 3 rings (SSSR count). The van der Waals surface area contributed by atoms with Crippen molar-refractivity contribution in [1.29, 1.82) is 0 Å². The SMILES string of the molecule is CC1CNCCN1C(CO)c1cccc(Oc2ccccc2)c1. The van der Waals surface area contributed by atoms with E-state index in [1.165, 1.54) is 0 Å². The van der Waals surface area contributed by atoms with Gasteiger partial charge in [0.2, 0.25) is 0 Å². The lowest BCUT2D eigenvalue weighted by Crippen LogP contribution is -2.51. The van der Waals surface area contributed by atoms with Crippen molar-refractivity contribution in [3.63, 3.8) is 0 Å². The third-order valence-electron chi connectivity index (χ3n) is 4.35. The monoisotopic (exact) mass is 312 g/mol. The van der Waals surface area contributed by atoms with E-state index in [1.54, 1.807) is 0 Å². The molecule has 0 spiro atoms. The van der Waals surface area contributed by atoms with Crippen LogP contribution in [0.25, 0.3) is 0 Å². The molecule has 1 heterocycles. The molecule has 1 aliphatic rings. The first-order valence-corrected chi connectivity index (χ1v) is 8.18. The van der Waals surface area contributed by atoms with Crippen LogP contribution in [0.3, 0.4) is 0 Å². The van der Waals surface area contributed by atoms with Gasteiger partial charge in [-0.3, -0.25) is 4.90 Å². The van der Waals surface area contributed by atoms with E-state index >= 15 is 0 Å². The van der Waals surface area contributed by atoms with Crippen LogP contribution in [0.4, 0.5) is 0 Å². The second kappa shape index (κ2) is 7.59. The molecule has 0 aliphatic carbocycles. The minimum absolute atomic E-state index is 0.00595. The van der Waals surface area contributed by atoms with Crippen molar-refractivity contribution in [2.75, 3.05) is 26.2 Å². The van der Waals surface area contributed by atoms with Crippen molar-refractivity contribution in [3.05, 3.63) is 60.2 Å². The molecule has 0 aromatic heterocycles. The fourth-order valence-electron chi connectivity index (χ4n) is 3.13. The number of aliphatic hydroxyl groups excluding tert-OH is 1. The van der Waals surface area contributed by atoms with E-state index in [2.05, 4.69) is 23.2 Å². The maximum Gasteiger partial charge on any atom is 0.127 e. The molecule has 1 saturated heterocycles. The van der Waals surface area contributed by atoms with Gasteiger partial charge < -0.3 is 15.2 Å². The first-order valence-electron chi connectivity index (χ1n) is 8.18. The smallest absolute Gasteiger partial charge is 0.127 e. The van der Waals surface area contributed by atoms with E-state index in [-0.39, 0.29) is 12.6 Å². The fraction of sp³-hybridized carbons (Fsp3) is 0.368. The number of nitrogens with zero attached hydrogens (tertiary/aromatic N) is 1. The summed E-state index contributed by atoms with van der Waals surface area (Å²) in [6.45, 7) is 5.16. The van der Waals surface area contributed by atoms with Crippen molar-refractivity contribution in [1.82, 2.24) is 10.2 Å². The zero-order valence-electron chi connectivity index (χ0n) is 13.5. The van der Waals surface area contributed by atoms with Crippen molar-refractivity contribution in [3.8, 4) is 11.5 Å². The highest BCUT2D eigenvalue weighted by Gasteiger charge is 2.26. The van der Waals surface area contributed by atoms with Gasteiger partial charge in [-0.05, 0) is 36.8 Å². The summed E-state index contributed by atoms with van der Waals surface area (Å²) in [6, 6.07) is 18.2. The standard InChI is InChI=1S/C19H24N2O2/c1-15-13-20-10-11-21(15)19(14-22)16-6-5-9-18(12-16)23-17-7-3-2-4-8-17/h2-9,12,15,19-20,22H,10-11,13-14H2,1H3. The lowest BCUT2D eigenvalue weighted by atomic mass is 10.0. The number of piperazine rings is 1. The third-order valence-corrected chi connectivity index (χ3v) is 4.35. The molecule has 4 nitrogen and oxygen atoms in total. The lowest BCUT2D eigenvalue weighted by molar-refractivity contribution is 0.0722. The van der Waals surface area contributed by atoms with E-state index < -0.39 is 0 Å². The summed E-state index contributed by atoms with van der Waals surface area (Å²) < 4.78 is 5.92. The maximum atomic E-state index is 9.93. The Labute approximate surface area is 137 Å². The number of nitrogens with one attached hydrogen (secondary N) is 1. The van der Waals surface area contributed by atoms with Crippen LogP contribution in [0, 0.1) is 0 Å². The zero-order valence-corrected chi connectivity index (χ0v) is 13.5. The molecule has 2 aromatic rings. The molecule has 0 radical (unpaired) electrons. The Hall–Kier alpha value is -1.88. The number of hydrogen-bond donors (Lipinski definition) is 2. The van der Waals surface area contributed by atoms with Gasteiger partial charge in [0.1, 0.15) is 11.5 Å². The van der Waals surface area contributed by atoms with E-state index in [0.29, 0.717) is 6.04 Å². The Morgan fingerprint density at radius 1 is 1.17 bits per heavy atom. The second-order valence-electron chi connectivity index (χ2n) is 5.98. The average Bonchev–Trinajstić information content (AvgIpc) is 2.59. The molecule has 1 fully saturated rings. The Morgan fingerprint density at radius 2 is 1.96 bits per heavy atom. The highest BCUT2D eigenvalue weighted by molar-refractivity contribution is 5.35. The summed E-state index contributed by atoms with van der Waals surface area (Å²) in [5, 5.41) is 13.3. The molecule has 4 heteroatoms. The topological polar surface area (TPSA) is 44.7 Å². The fourth-order valence-corrected chi connectivity index (χ4v) is 3.13. The molecule has 2 N–H and O–H groups in total. The van der Waals surface area contributed by atoms with Crippen LogP contribution in [0.2, 0.25) is 0 Å². The minimum atomic E-state index is 0.00595. The van der Waals surface area contributed by atoms with Gasteiger partial charge in [-0.2, -0.15) is 0 Å². The molecule has 23 heavy (non-hydrogen) atoms. The highest BCUT2D eigenvalue weighted by Crippen LogP contribution is 2.28. The summed E-state index contributed by atoms with van der Waals surface area (Å²) >= 11 is 0. The molecule has 0 saturated carbocycles. The molecule has 122 valence electrons. The molecule has 2 unspecified atom stereocenters. The molecule has 2 aromatic carbocycles. The molecule has 0 bridgehead atoms. The molecule has 0 amide bonds. The zero-order chi connectivity index (χ0) is 16.1. The van der Waals surface area contributed by atoms with Gasteiger partial charge in [0.05, 0.1) is 12.6 Å². The van der Waals surface area contributed by atoms with Crippen LogP contribution in [0.1, 0.15) is 18.5 Å². The van der Waals surface area contributed by atoms with Gasteiger partial charge in [0, 0.05) is 25.7 Å². The predicted octanol–water partition coefficient (Wildman–Crippen LogP) is 2.81. The van der Waals surface area contributed by atoms with Crippen LogP contribution in [0.5, 0.6) is 11.5 Å².